The van der Waals surface area contributed by atoms with Gasteiger partial charge in [-0.2, -0.15) is 11.8 Å². The fourth-order valence-corrected chi connectivity index (χ4v) is 2.14. The third-order valence-electron chi connectivity index (χ3n) is 1.78. The SMILES string of the molecule is NCCSCCc1ccc(Cl)c(Cl)c1. The van der Waals surface area contributed by atoms with Gasteiger partial charge in [0.05, 0.1) is 10.0 Å². The lowest BCUT2D eigenvalue weighted by atomic mass is 10.2. The molecule has 0 bridgehead atoms. The third-order valence-corrected chi connectivity index (χ3v) is 3.54. The molecule has 0 aliphatic rings. The Labute approximate surface area is 99.0 Å². The molecule has 0 spiro atoms. The number of halogens is 2. The maximum absolute atomic E-state index is 5.90. The number of hydrogen-bond donors (Lipinski definition) is 1. The molecule has 0 aliphatic carbocycles. The Hall–Kier alpha value is 0.110. The Bertz CT molecular complexity index is 291. The summed E-state index contributed by atoms with van der Waals surface area (Å²) in [4.78, 5) is 0. The van der Waals surface area contributed by atoms with E-state index in [-0.39, 0.29) is 0 Å². The molecule has 0 saturated heterocycles. The second-order valence-electron chi connectivity index (χ2n) is 2.90. The first kappa shape index (κ1) is 12.2. The zero-order valence-electron chi connectivity index (χ0n) is 7.80. The van der Waals surface area contributed by atoms with Crippen molar-refractivity contribution in [2.45, 2.75) is 6.42 Å². The van der Waals surface area contributed by atoms with Gasteiger partial charge in [-0.05, 0) is 29.9 Å². The van der Waals surface area contributed by atoms with Gasteiger partial charge in [-0.15, -0.1) is 0 Å². The number of rotatable bonds is 5. The predicted molar refractivity (Wildman–Crippen MR) is 66.5 cm³/mol. The Morgan fingerprint density at radius 2 is 1.93 bits per heavy atom. The first-order valence-corrected chi connectivity index (χ1v) is 6.37. The maximum atomic E-state index is 5.90. The van der Waals surface area contributed by atoms with E-state index in [1.165, 1.54) is 5.56 Å². The topological polar surface area (TPSA) is 26.0 Å². The molecule has 0 heterocycles. The molecule has 0 radical (unpaired) electrons. The van der Waals surface area contributed by atoms with E-state index in [1.54, 1.807) is 0 Å². The fourth-order valence-electron chi connectivity index (χ4n) is 1.07. The van der Waals surface area contributed by atoms with Crippen molar-refractivity contribution in [2.75, 3.05) is 18.1 Å². The fraction of sp³-hybridized carbons (Fsp3) is 0.400. The molecule has 1 nitrogen and oxygen atoms in total. The van der Waals surface area contributed by atoms with Crippen molar-refractivity contribution in [2.24, 2.45) is 5.73 Å². The summed E-state index contributed by atoms with van der Waals surface area (Å²) in [7, 11) is 0. The monoisotopic (exact) mass is 249 g/mol. The molecule has 78 valence electrons. The minimum absolute atomic E-state index is 0.616. The van der Waals surface area contributed by atoms with Crippen LogP contribution in [0.15, 0.2) is 18.2 Å². The Morgan fingerprint density at radius 3 is 2.57 bits per heavy atom. The van der Waals surface area contributed by atoms with Crippen LogP contribution >= 0.6 is 35.0 Å². The van der Waals surface area contributed by atoms with Gasteiger partial charge in [0.1, 0.15) is 0 Å². The van der Waals surface area contributed by atoms with Gasteiger partial charge in [0.15, 0.2) is 0 Å². The molecule has 1 rings (SSSR count). The van der Waals surface area contributed by atoms with Gasteiger partial charge in [-0.25, -0.2) is 0 Å². The average molecular weight is 250 g/mol. The minimum Gasteiger partial charge on any atom is -0.330 e. The smallest absolute Gasteiger partial charge is 0.0595 e. The van der Waals surface area contributed by atoms with Gasteiger partial charge < -0.3 is 5.73 Å². The summed E-state index contributed by atoms with van der Waals surface area (Å²) >= 11 is 13.6. The van der Waals surface area contributed by atoms with Gasteiger partial charge >= 0.3 is 0 Å². The van der Waals surface area contributed by atoms with Crippen LogP contribution in [0, 0.1) is 0 Å². The standard InChI is InChI=1S/C10H13Cl2NS/c11-9-2-1-8(7-10(9)12)3-5-14-6-4-13/h1-2,7H,3-6,13H2. The first-order valence-electron chi connectivity index (χ1n) is 4.46. The molecule has 0 saturated carbocycles. The van der Waals surface area contributed by atoms with Gasteiger partial charge in [0.25, 0.3) is 0 Å². The Kier molecular flexibility index (Phi) is 5.71. The van der Waals surface area contributed by atoms with Crippen LogP contribution in [0.4, 0.5) is 0 Å². The molecule has 0 aliphatic heterocycles. The molecular formula is C10H13Cl2NS. The van der Waals surface area contributed by atoms with Crippen molar-refractivity contribution in [1.82, 2.24) is 0 Å². The second-order valence-corrected chi connectivity index (χ2v) is 4.94. The van der Waals surface area contributed by atoms with Crippen LogP contribution in [-0.2, 0) is 6.42 Å². The van der Waals surface area contributed by atoms with E-state index in [0.29, 0.717) is 10.0 Å². The minimum atomic E-state index is 0.616. The van der Waals surface area contributed by atoms with Crippen LogP contribution in [0.25, 0.3) is 0 Å². The number of nitrogens with two attached hydrogens (primary N) is 1. The number of thioether (sulfide) groups is 1. The lowest BCUT2D eigenvalue weighted by Crippen LogP contribution is -2.02. The third kappa shape index (κ3) is 4.09. The molecule has 1 aromatic carbocycles. The highest BCUT2D eigenvalue weighted by atomic mass is 35.5. The molecule has 0 amide bonds. The van der Waals surface area contributed by atoms with Crippen molar-refractivity contribution in [3.63, 3.8) is 0 Å². The van der Waals surface area contributed by atoms with E-state index in [4.69, 9.17) is 28.9 Å². The van der Waals surface area contributed by atoms with E-state index < -0.39 is 0 Å². The molecule has 0 aromatic heterocycles. The zero-order chi connectivity index (χ0) is 10.4. The zero-order valence-corrected chi connectivity index (χ0v) is 10.1. The number of hydrogen-bond acceptors (Lipinski definition) is 2. The highest BCUT2D eigenvalue weighted by Crippen LogP contribution is 2.23. The summed E-state index contributed by atoms with van der Waals surface area (Å²) in [5.41, 5.74) is 6.62. The first-order chi connectivity index (χ1) is 6.74. The summed E-state index contributed by atoms with van der Waals surface area (Å²) in [6, 6.07) is 5.77. The molecule has 0 fully saturated rings. The van der Waals surface area contributed by atoms with Crippen LogP contribution < -0.4 is 5.73 Å². The summed E-state index contributed by atoms with van der Waals surface area (Å²) < 4.78 is 0. The summed E-state index contributed by atoms with van der Waals surface area (Å²) in [6.07, 6.45) is 1.02. The Morgan fingerprint density at radius 1 is 1.14 bits per heavy atom. The van der Waals surface area contributed by atoms with Crippen LogP contribution in [0.3, 0.4) is 0 Å². The van der Waals surface area contributed by atoms with Crippen LogP contribution in [0.2, 0.25) is 10.0 Å². The van der Waals surface area contributed by atoms with E-state index in [2.05, 4.69) is 0 Å². The van der Waals surface area contributed by atoms with E-state index in [0.717, 1.165) is 24.5 Å². The van der Waals surface area contributed by atoms with Crippen LogP contribution in [-0.4, -0.2) is 18.1 Å². The van der Waals surface area contributed by atoms with Crippen molar-refractivity contribution in [3.05, 3.63) is 33.8 Å². The summed E-state index contributed by atoms with van der Waals surface area (Å²) in [5.74, 6) is 2.09. The number of aryl methyl sites for hydroxylation is 1. The van der Waals surface area contributed by atoms with Crippen LogP contribution in [0.5, 0.6) is 0 Å². The molecule has 4 heteroatoms. The predicted octanol–water partition coefficient (Wildman–Crippen LogP) is 3.23. The highest BCUT2D eigenvalue weighted by molar-refractivity contribution is 7.99. The van der Waals surface area contributed by atoms with Crippen molar-refractivity contribution in [1.29, 1.82) is 0 Å². The van der Waals surface area contributed by atoms with E-state index >= 15 is 0 Å². The van der Waals surface area contributed by atoms with Gasteiger partial charge in [0.2, 0.25) is 0 Å². The lowest BCUT2D eigenvalue weighted by molar-refractivity contribution is 1.12. The molecular weight excluding hydrogens is 237 g/mol. The lowest BCUT2D eigenvalue weighted by Gasteiger charge is -2.02. The maximum Gasteiger partial charge on any atom is 0.0595 e. The summed E-state index contributed by atoms with van der Waals surface area (Å²) in [5, 5.41) is 1.25. The molecule has 1 aromatic rings. The summed E-state index contributed by atoms with van der Waals surface area (Å²) in [6.45, 7) is 0.742. The van der Waals surface area contributed by atoms with Gasteiger partial charge in [-0.1, -0.05) is 29.3 Å². The molecule has 0 unspecified atom stereocenters. The Balaban J connectivity index is 2.39. The molecule has 0 atom stereocenters. The van der Waals surface area contributed by atoms with Crippen molar-refractivity contribution < 1.29 is 0 Å². The quantitative estimate of drug-likeness (QED) is 0.812. The van der Waals surface area contributed by atoms with Gasteiger partial charge in [-0.3, -0.25) is 0 Å². The number of benzene rings is 1. The van der Waals surface area contributed by atoms with E-state index in [9.17, 15) is 0 Å². The molecule has 14 heavy (non-hydrogen) atoms. The second kappa shape index (κ2) is 6.57. The van der Waals surface area contributed by atoms with Crippen molar-refractivity contribution in [3.8, 4) is 0 Å². The largest absolute Gasteiger partial charge is 0.330 e. The highest BCUT2D eigenvalue weighted by Gasteiger charge is 1.99. The van der Waals surface area contributed by atoms with E-state index in [1.807, 2.05) is 30.0 Å². The van der Waals surface area contributed by atoms with Gasteiger partial charge in [0, 0.05) is 12.3 Å². The normalized spacial score (nSPS) is 10.5. The van der Waals surface area contributed by atoms with Crippen LogP contribution in [0.1, 0.15) is 5.56 Å². The average Bonchev–Trinajstić information content (AvgIpc) is 2.18. The van der Waals surface area contributed by atoms with Crippen molar-refractivity contribution >= 4 is 35.0 Å². The molecule has 2 N–H and O–H groups in total.